The van der Waals surface area contributed by atoms with Crippen molar-refractivity contribution < 1.29 is 8.83 Å². The van der Waals surface area contributed by atoms with Gasteiger partial charge in [0.15, 0.2) is 17.5 Å². The topological polar surface area (TPSA) is 65.0 Å². The molecule has 0 bridgehead atoms. The number of benzene rings is 6. The van der Waals surface area contributed by atoms with Crippen LogP contribution in [0.15, 0.2) is 148 Å². The Balaban J connectivity index is 1.04. The molecular weight excluding hydrogens is 647 g/mol. The van der Waals surface area contributed by atoms with Gasteiger partial charge in [-0.25, -0.2) is 15.0 Å². The van der Waals surface area contributed by atoms with Crippen LogP contribution in [0.1, 0.15) is 0 Å². The monoisotopic (exact) mass is 669 g/mol. The molecule has 0 aliphatic rings. The molecule has 0 amide bonds. The highest BCUT2D eigenvalue weighted by atomic mass is 32.1. The van der Waals surface area contributed by atoms with Crippen LogP contribution >= 0.6 is 11.3 Å². The van der Waals surface area contributed by atoms with Gasteiger partial charge in [0.05, 0.1) is 0 Å². The van der Waals surface area contributed by atoms with Gasteiger partial charge < -0.3 is 8.83 Å². The number of rotatable bonds is 4. The van der Waals surface area contributed by atoms with E-state index in [2.05, 4.69) is 109 Å². The lowest BCUT2D eigenvalue weighted by Crippen LogP contribution is -2.00. The highest BCUT2D eigenvalue weighted by Gasteiger charge is 2.18. The third kappa shape index (κ3) is 4.39. The molecule has 4 aromatic heterocycles. The molecule has 11 aromatic rings. The third-order valence-electron chi connectivity index (χ3n) is 9.65. The van der Waals surface area contributed by atoms with Gasteiger partial charge in [-0.1, -0.05) is 103 Å². The molecule has 236 valence electrons. The molecule has 0 unspecified atom stereocenters. The molecule has 6 heteroatoms. The number of nitrogens with zero attached hydrogens (tertiary/aromatic N) is 3. The lowest BCUT2D eigenvalue weighted by Gasteiger charge is -2.09. The van der Waals surface area contributed by atoms with Crippen LogP contribution in [-0.2, 0) is 0 Å². The van der Waals surface area contributed by atoms with Crippen LogP contribution in [0.4, 0.5) is 0 Å². The number of thiophene rings is 1. The first-order valence-electron chi connectivity index (χ1n) is 16.7. The summed E-state index contributed by atoms with van der Waals surface area (Å²) in [5.41, 5.74) is 8.12. The summed E-state index contributed by atoms with van der Waals surface area (Å²) in [6.07, 6.45) is 0. The first kappa shape index (κ1) is 28.1. The SMILES string of the molecule is c1ccc(-c2nc(-c3ccc(-c4cccc5c4oc4cc6oc7ccccc7c6cc45)cc3)nc(-c3cccc4c3sc3ccccc34)n2)cc#1. The van der Waals surface area contributed by atoms with Crippen LogP contribution in [0.5, 0.6) is 0 Å². The Bertz CT molecular complexity index is 3140. The number of aromatic nitrogens is 3. The normalized spacial score (nSPS) is 11.8. The summed E-state index contributed by atoms with van der Waals surface area (Å²) in [6, 6.07) is 53.5. The molecule has 5 nitrogen and oxygen atoms in total. The van der Waals surface area contributed by atoms with Gasteiger partial charge in [0.2, 0.25) is 0 Å². The quantitative estimate of drug-likeness (QED) is 0.187. The van der Waals surface area contributed by atoms with Crippen LogP contribution in [0.2, 0.25) is 0 Å². The Kier molecular flexibility index (Phi) is 5.97. The highest BCUT2D eigenvalue weighted by Crippen LogP contribution is 2.41. The number of fused-ring (bicyclic) bond motifs is 9. The van der Waals surface area contributed by atoms with Gasteiger partial charge in [-0.3, -0.25) is 0 Å². The van der Waals surface area contributed by atoms with Crippen molar-refractivity contribution in [3.8, 4) is 45.3 Å². The van der Waals surface area contributed by atoms with Gasteiger partial charge in [-0.05, 0) is 48.0 Å². The summed E-state index contributed by atoms with van der Waals surface area (Å²) in [7, 11) is 0. The second kappa shape index (κ2) is 10.8. The molecule has 0 aliphatic heterocycles. The Morgan fingerprint density at radius 1 is 0.451 bits per heavy atom. The summed E-state index contributed by atoms with van der Waals surface area (Å²) >= 11 is 1.76. The minimum Gasteiger partial charge on any atom is -0.456 e. The number of furan rings is 2. The van der Waals surface area contributed by atoms with E-state index >= 15 is 0 Å². The van der Waals surface area contributed by atoms with E-state index in [1.807, 2.05) is 42.5 Å². The number of hydrogen-bond acceptors (Lipinski definition) is 6. The predicted molar refractivity (Wildman–Crippen MR) is 207 cm³/mol. The van der Waals surface area contributed by atoms with E-state index in [1.165, 1.54) is 15.5 Å². The zero-order valence-corrected chi connectivity index (χ0v) is 27.7. The lowest BCUT2D eigenvalue weighted by molar-refractivity contribution is 0.656. The van der Waals surface area contributed by atoms with Crippen LogP contribution in [0, 0.1) is 12.1 Å². The van der Waals surface area contributed by atoms with Gasteiger partial charge in [-0.15, -0.1) is 11.3 Å². The van der Waals surface area contributed by atoms with Crippen molar-refractivity contribution in [3.05, 3.63) is 152 Å². The number of para-hydroxylation sites is 2. The molecule has 0 spiro atoms. The predicted octanol–water partition coefficient (Wildman–Crippen LogP) is 12.3. The van der Waals surface area contributed by atoms with Gasteiger partial charge in [0.1, 0.15) is 22.3 Å². The van der Waals surface area contributed by atoms with Crippen LogP contribution < -0.4 is 0 Å². The maximum absolute atomic E-state index is 6.55. The van der Waals surface area contributed by atoms with Crippen molar-refractivity contribution in [3.63, 3.8) is 0 Å². The van der Waals surface area contributed by atoms with Crippen LogP contribution in [0.25, 0.3) is 109 Å². The van der Waals surface area contributed by atoms with E-state index in [1.54, 1.807) is 11.3 Å². The Morgan fingerprint density at radius 3 is 2.00 bits per heavy atom. The molecule has 0 saturated carbocycles. The molecule has 11 rings (SSSR count). The summed E-state index contributed by atoms with van der Waals surface area (Å²) in [6.45, 7) is 0. The molecule has 0 N–H and O–H groups in total. The van der Waals surface area contributed by atoms with Crippen LogP contribution in [-0.4, -0.2) is 15.0 Å². The van der Waals surface area contributed by atoms with Crippen molar-refractivity contribution in [2.24, 2.45) is 0 Å². The Morgan fingerprint density at radius 2 is 1.14 bits per heavy atom. The van der Waals surface area contributed by atoms with Crippen molar-refractivity contribution in [1.82, 2.24) is 15.0 Å². The maximum atomic E-state index is 6.55. The van der Waals surface area contributed by atoms with E-state index in [-0.39, 0.29) is 0 Å². The Hall–Kier alpha value is -6.81. The second-order valence-corrected chi connectivity index (χ2v) is 13.7. The zero-order chi connectivity index (χ0) is 33.5. The summed E-state index contributed by atoms with van der Waals surface area (Å²) in [4.78, 5) is 15.1. The van der Waals surface area contributed by atoms with Crippen molar-refractivity contribution in [2.75, 3.05) is 0 Å². The zero-order valence-electron chi connectivity index (χ0n) is 26.8. The Labute approximate surface area is 295 Å². The molecule has 0 fully saturated rings. The summed E-state index contributed by atoms with van der Waals surface area (Å²) in [5.74, 6) is 1.83. The molecule has 0 atom stereocenters. The smallest absolute Gasteiger partial charge is 0.165 e. The minimum absolute atomic E-state index is 0.591. The van der Waals surface area contributed by atoms with E-state index in [0.717, 1.165) is 76.4 Å². The van der Waals surface area contributed by atoms with E-state index in [4.69, 9.17) is 23.8 Å². The molecule has 0 radical (unpaired) electrons. The molecule has 4 heterocycles. The fourth-order valence-electron chi connectivity index (χ4n) is 7.21. The van der Waals surface area contributed by atoms with E-state index in [9.17, 15) is 0 Å². The van der Waals surface area contributed by atoms with Crippen molar-refractivity contribution >= 4 is 75.4 Å². The number of hydrogen-bond donors (Lipinski definition) is 0. The van der Waals surface area contributed by atoms with Gasteiger partial charge in [0.25, 0.3) is 0 Å². The first-order valence-corrected chi connectivity index (χ1v) is 17.5. The molecular formula is C45H23N3O2S. The average Bonchev–Trinajstić information content (AvgIpc) is 3.88. The van der Waals surface area contributed by atoms with E-state index in [0.29, 0.717) is 17.5 Å². The van der Waals surface area contributed by atoms with Gasteiger partial charge in [-0.2, -0.15) is 0 Å². The summed E-state index contributed by atoms with van der Waals surface area (Å²) < 4.78 is 15.1. The summed E-state index contributed by atoms with van der Waals surface area (Å²) in [5, 5.41) is 6.76. The highest BCUT2D eigenvalue weighted by molar-refractivity contribution is 7.26. The largest absolute Gasteiger partial charge is 0.456 e. The van der Waals surface area contributed by atoms with E-state index < -0.39 is 0 Å². The second-order valence-electron chi connectivity index (χ2n) is 12.6. The molecule has 51 heavy (non-hydrogen) atoms. The first-order chi connectivity index (χ1) is 25.2. The fraction of sp³-hybridized carbons (Fsp3) is 0. The fourth-order valence-corrected chi connectivity index (χ4v) is 8.42. The molecule has 7 aromatic carbocycles. The standard InChI is InChI=1S/C45H23N3O2S/c1-2-10-27(11-3-1)43-46-44(48-45(47-43)34-17-9-16-33-31-13-5-7-19-40(31)51-42(33)34)28-22-20-26(21-23-28)29-14-8-15-32-36-24-35-30-12-4-6-18-37(30)49-38(35)25-39(36)50-41(29)32/h2,4-25H. The van der Waals surface area contributed by atoms with Crippen molar-refractivity contribution in [1.29, 1.82) is 0 Å². The third-order valence-corrected chi connectivity index (χ3v) is 10.9. The lowest BCUT2D eigenvalue weighted by atomic mass is 10.0. The minimum atomic E-state index is 0.591. The van der Waals surface area contributed by atoms with Gasteiger partial charge in [0, 0.05) is 70.0 Å². The molecule has 0 saturated heterocycles. The van der Waals surface area contributed by atoms with Crippen molar-refractivity contribution in [2.45, 2.75) is 0 Å². The van der Waals surface area contributed by atoms with Crippen LogP contribution in [0.3, 0.4) is 0 Å². The van der Waals surface area contributed by atoms with Gasteiger partial charge >= 0.3 is 0 Å². The maximum Gasteiger partial charge on any atom is 0.165 e. The average molecular weight is 670 g/mol. The molecule has 0 aliphatic carbocycles.